The fourth-order valence-corrected chi connectivity index (χ4v) is 4.53. The van der Waals surface area contributed by atoms with Gasteiger partial charge < -0.3 is 4.42 Å². The highest BCUT2D eigenvalue weighted by atomic mass is 16.3. The lowest BCUT2D eigenvalue weighted by Gasteiger charge is -2.09. The summed E-state index contributed by atoms with van der Waals surface area (Å²) in [6.07, 6.45) is 0.460. The molecule has 3 nitrogen and oxygen atoms in total. The van der Waals surface area contributed by atoms with Crippen LogP contribution in [0.25, 0.3) is 49.2 Å². The van der Waals surface area contributed by atoms with Gasteiger partial charge in [-0.05, 0) is 35.9 Å². The highest BCUT2D eigenvalue weighted by Crippen LogP contribution is 2.44. The van der Waals surface area contributed by atoms with Gasteiger partial charge in [0.25, 0.3) is 0 Å². The van der Waals surface area contributed by atoms with E-state index in [-0.39, 0.29) is 5.92 Å². The first kappa shape index (κ1) is 18.7. The number of fused-ring (bicyclic) bond motifs is 3. The molecule has 162 valence electrons. The highest BCUT2D eigenvalue weighted by Gasteiger charge is 2.23. The van der Waals surface area contributed by atoms with E-state index >= 15 is 0 Å². The van der Waals surface area contributed by atoms with Crippen LogP contribution in [0.3, 0.4) is 0 Å². The Bertz CT molecular complexity index is 1630. The molecule has 0 saturated carbocycles. The van der Waals surface area contributed by atoms with Gasteiger partial charge in [0, 0.05) is 31.2 Å². The summed E-state index contributed by atoms with van der Waals surface area (Å²) >= 11 is 0. The van der Waals surface area contributed by atoms with E-state index in [4.69, 9.17) is 13.7 Å². The van der Waals surface area contributed by atoms with Gasteiger partial charge in [0.2, 0.25) is 5.69 Å². The summed E-state index contributed by atoms with van der Waals surface area (Å²) in [5.74, 6) is -0.161. The standard InChI is InChI=1S/C30H27N2O/c1-19(2)17-21-15-16-32(5)26(18-21)27-20(3)11-12-23-24-13-14-25(31-4)28(30(24)33-29(23)27)22-9-7-6-8-10-22/h6-16,18-19H,17H2,1-3,5H3/q+1/i17D2. The molecule has 3 heteroatoms. The van der Waals surface area contributed by atoms with Crippen LogP contribution < -0.4 is 4.57 Å². The molecule has 0 amide bonds. The molecule has 33 heavy (non-hydrogen) atoms. The Kier molecular flexibility index (Phi) is 4.65. The van der Waals surface area contributed by atoms with Crippen molar-refractivity contribution in [3.8, 4) is 22.4 Å². The summed E-state index contributed by atoms with van der Waals surface area (Å²) in [5.41, 5.74) is 7.26. The smallest absolute Gasteiger partial charge is 0.216 e. The van der Waals surface area contributed by atoms with Gasteiger partial charge in [0.05, 0.1) is 12.1 Å². The van der Waals surface area contributed by atoms with E-state index in [1.165, 1.54) is 0 Å². The number of hydrogen-bond donors (Lipinski definition) is 0. The van der Waals surface area contributed by atoms with Gasteiger partial charge in [-0.3, -0.25) is 0 Å². The van der Waals surface area contributed by atoms with Crippen molar-refractivity contribution in [1.82, 2.24) is 0 Å². The van der Waals surface area contributed by atoms with Gasteiger partial charge in [-0.15, -0.1) is 0 Å². The van der Waals surface area contributed by atoms with E-state index in [9.17, 15) is 0 Å². The molecule has 5 aromatic rings. The summed E-state index contributed by atoms with van der Waals surface area (Å²) in [7, 11) is 1.97. The van der Waals surface area contributed by atoms with Crippen LogP contribution in [0.15, 0.2) is 77.3 Å². The molecule has 5 rings (SSSR count). The Morgan fingerprint density at radius 3 is 2.36 bits per heavy atom. The van der Waals surface area contributed by atoms with Gasteiger partial charge >= 0.3 is 0 Å². The van der Waals surface area contributed by atoms with E-state index in [2.05, 4.69) is 17.0 Å². The average Bonchev–Trinajstić information content (AvgIpc) is 3.22. The maximum Gasteiger partial charge on any atom is 0.216 e. The molecule has 0 spiro atoms. The van der Waals surface area contributed by atoms with Crippen molar-refractivity contribution in [3.63, 3.8) is 0 Å². The molecule has 0 aliphatic rings. The second-order valence-electron chi connectivity index (χ2n) is 8.76. The summed E-state index contributed by atoms with van der Waals surface area (Å²) in [4.78, 5) is 3.78. The predicted octanol–water partition coefficient (Wildman–Crippen LogP) is 7.80. The second kappa shape index (κ2) is 8.22. The summed E-state index contributed by atoms with van der Waals surface area (Å²) in [6.45, 7) is 13.6. The fraction of sp³-hybridized carbons (Fsp3) is 0.200. The van der Waals surface area contributed by atoms with E-state index in [0.717, 1.165) is 44.3 Å². The molecule has 0 saturated heterocycles. The van der Waals surface area contributed by atoms with Crippen molar-refractivity contribution < 1.29 is 11.7 Å². The van der Waals surface area contributed by atoms with E-state index in [0.29, 0.717) is 16.8 Å². The van der Waals surface area contributed by atoms with Crippen LogP contribution in [0, 0.1) is 19.4 Å². The maximum absolute atomic E-state index is 8.63. The van der Waals surface area contributed by atoms with Gasteiger partial charge in [-0.25, -0.2) is 9.41 Å². The quantitative estimate of drug-likeness (QED) is 0.209. The Balaban J connectivity index is 1.86. The Labute approximate surface area is 197 Å². The number of nitrogens with zero attached hydrogens (tertiary/aromatic N) is 2. The molecule has 0 aliphatic carbocycles. The number of hydrogen-bond acceptors (Lipinski definition) is 1. The topological polar surface area (TPSA) is 21.4 Å². The highest BCUT2D eigenvalue weighted by molar-refractivity contribution is 6.15. The average molecular weight is 434 g/mol. The molecule has 0 atom stereocenters. The first-order valence-corrected chi connectivity index (χ1v) is 11.2. The third kappa shape index (κ3) is 3.58. The largest absolute Gasteiger partial charge is 0.456 e. The van der Waals surface area contributed by atoms with Crippen molar-refractivity contribution >= 4 is 27.6 Å². The van der Waals surface area contributed by atoms with Crippen molar-refractivity contribution in [1.29, 1.82) is 0 Å². The van der Waals surface area contributed by atoms with Gasteiger partial charge in [-0.2, -0.15) is 0 Å². The van der Waals surface area contributed by atoms with Crippen LogP contribution in [0.4, 0.5) is 5.69 Å². The SMILES string of the molecule is [2H]C([2H])(c1cc[n+](C)c(-c2c(C)ccc3c2oc2c(-c4ccccc4)c([N+]#[C-])ccc23)c1)C(C)C. The van der Waals surface area contributed by atoms with Crippen LogP contribution in [0.2, 0.25) is 0 Å². The summed E-state index contributed by atoms with van der Waals surface area (Å²) in [6, 6.07) is 21.7. The minimum atomic E-state index is -1.45. The zero-order valence-electron chi connectivity index (χ0n) is 21.3. The van der Waals surface area contributed by atoms with Crippen LogP contribution in [-0.2, 0) is 13.4 Å². The van der Waals surface area contributed by atoms with Crippen LogP contribution in [0.5, 0.6) is 0 Å². The van der Waals surface area contributed by atoms with Crippen LogP contribution in [0.1, 0.15) is 27.7 Å². The van der Waals surface area contributed by atoms with Crippen LogP contribution >= 0.6 is 0 Å². The molecule has 0 radical (unpaired) electrons. The van der Waals surface area contributed by atoms with Gasteiger partial charge in [0.1, 0.15) is 18.2 Å². The Morgan fingerprint density at radius 1 is 0.970 bits per heavy atom. The Morgan fingerprint density at radius 2 is 1.67 bits per heavy atom. The summed E-state index contributed by atoms with van der Waals surface area (Å²) < 4.78 is 25.9. The minimum Gasteiger partial charge on any atom is -0.456 e. The summed E-state index contributed by atoms with van der Waals surface area (Å²) in [5, 5.41) is 1.94. The molecular weight excluding hydrogens is 404 g/mol. The third-order valence-electron chi connectivity index (χ3n) is 6.04. The number of furan rings is 1. The molecular formula is C30H27N2O+. The second-order valence-corrected chi connectivity index (χ2v) is 8.76. The Hall–Kier alpha value is -3.90. The molecule has 0 N–H and O–H groups in total. The lowest BCUT2D eigenvalue weighted by atomic mass is 9.96. The van der Waals surface area contributed by atoms with Crippen molar-refractivity contribution in [2.75, 3.05) is 0 Å². The molecule has 0 unspecified atom stereocenters. The molecule has 3 aromatic carbocycles. The molecule has 2 heterocycles. The lowest BCUT2D eigenvalue weighted by molar-refractivity contribution is -0.660. The monoisotopic (exact) mass is 433 g/mol. The van der Waals surface area contributed by atoms with E-state index in [1.807, 2.05) is 93.2 Å². The molecule has 2 aromatic heterocycles. The molecule has 0 bridgehead atoms. The van der Waals surface area contributed by atoms with E-state index < -0.39 is 6.37 Å². The van der Waals surface area contributed by atoms with Crippen molar-refractivity contribution in [3.05, 3.63) is 95.5 Å². The predicted molar refractivity (Wildman–Crippen MR) is 135 cm³/mol. The molecule has 0 fully saturated rings. The first-order valence-electron chi connectivity index (χ1n) is 12.2. The maximum atomic E-state index is 8.63. The number of aryl methyl sites for hydroxylation is 2. The minimum absolute atomic E-state index is 0.161. The zero-order valence-corrected chi connectivity index (χ0v) is 19.3. The lowest BCUT2D eigenvalue weighted by Crippen LogP contribution is -2.31. The number of pyridine rings is 1. The van der Waals surface area contributed by atoms with Gasteiger partial charge in [0.15, 0.2) is 11.9 Å². The normalized spacial score (nSPS) is 12.7. The van der Waals surface area contributed by atoms with Crippen molar-refractivity contribution in [2.24, 2.45) is 13.0 Å². The number of rotatable bonds is 4. The number of aromatic nitrogens is 1. The third-order valence-corrected chi connectivity index (χ3v) is 6.04. The van der Waals surface area contributed by atoms with Crippen LogP contribution in [-0.4, -0.2) is 0 Å². The van der Waals surface area contributed by atoms with E-state index in [1.54, 1.807) is 0 Å². The van der Waals surface area contributed by atoms with Gasteiger partial charge in [-0.1, -0.05) is 68.4 Å². The number of benzene rings is 3. The molecule has 0 aliphatic heterocycles. The first-order chi connectivity index (χ1) is 16.7. The fourth-order valence-electron chi connectivity index (χ4n) is 4.53. The zero-order chi connectivity index (χ0) is 24.9. The van der Waals surface area contributed by atoms with Crippen molar-refractivity contribution in [2.45, 2.75) is 27.1 Å².